The van der Waals surface area contributed by atoms with E-state index in [1.807, 2.05) is 32.0 Å². The summed E-state index contributed by atoms with van der Waals surface area (Å²) in [5, 5.41) is 2.88. The molecule has 0 bridgehead atoms. The fourth-order valence-electron chi connectivity index (χ4n) is 3.36. The van der Waals surface area contributed by atoms with Gasteiger partial charge in [-0.2, -0.15) is 4.31 Å². The molecule has 0 spiro atoms. The lowest BCUT2D eigenvalue weighted by Crippen LogP contribution is -2.48. The maximum atomic E-state index is 13.0. The summed E-state index contributed by atoms with van der Waals surface area (Å²) in [6, 6.07) is 16.3. The second-order valence-corrected chi connectivity index (χ2v) is 10.5. The van der Waals surface area contributed by atoms with Crippen LogP contribution in [0.25, 0.3) is 0 Å². The SMILES string of the molecule is C[C@@H]1CN(S(=O)(=O)c2cccc(C(=O)NCCCSc3ccccc3)c2)C[C@H](C)O1. The van der Waals surface area contributed by atoms with Crippen molar-refractivity contribution in [1.82, 2.24) is 9.62 Å². The van der Waals surface area contributed by atoms with E-state index in [1.54, 1.807) is 23.9 Å². The van der Waals surface area contributed by atoms with Crippen molar-refractivity contribution in [2.45, 2.75) is 42.3 Å². The molecule has 8 heteroatoms. The van der Waals surface area contributed by atoms with Gasteiger partial charge in [0.25, 0.3) is 5.91 Å². The van der Waals surface area contributed by atoms with Crippen molar-refractivity contribution < 1.29 is 17.9 Å². The van der Waals surface area contributed by atoms with E-state index >= 15 is 0 Å². The van der Waals surface area contributed by atoms with Gasteiger partial charge in [-0.3, -0.25) is 4.79 Å². The predicted octanol–water partition coefficient (Wildman–Crippen LogP) is 3.40. The summed E-state index contributed by atoms with van der Waals surface area (Å²) in [6.07, 6.45) is 0.500. The lowest BCUT2D eigenvalue weighted by atomic mass is 10.2. The summed E-state index contributed by atoms with van der Waals surface area (Å²) >= 11 is 1.74. The van der Waals surface area contributed by atoms with E-state index in [-0.39, 0.29) is 23.0 Å². The Balaban J connectivity index is 1.55. The van der Waals surface area contributed by atoms with E-state index in [4.69, 9.17) is 4.74 Å². The largest absolute Gasteiger partial charge is 0.373 e. The normalized spacial score (nSPS) is 20.1. The molecule has 1 fully saturated rings. The summed E-state index contributed by atoms with van der Waals surface area (Å²) in [5.41, 5.74) is 0.348. The van der Waals surface area contributed by atoms with Crippen LogP contribution in [0.2, 0.25) is 0 Å². The van der Waals surface area contributed by atoms with Gasteiger partial charge in [-0.05, 0) is 56.4 Å². The third-order valence-corrected chi connectivity index (χ3v) is 7.66. The van der Waals surface area contributed by atoms with Crippen LogP contribution in [-0.2, 0) is 14.8 Å². The van der Waals surface area contributed by atoms with Crippen molar-refractivity contribution in [2.24, 2.45) is 0 Å². The van der Waals surface area contributed by atoms with Gasteiger partial charge >= 0.3 is 0 Å². The minimum Gasteiger partial charge on any atom is -0.373 e. The summed E-state index contributed by atoms with van der Waals surface area (Å²) in [7, 11) is -3.67. The molecule has 162 valence electrons. The molecule has 2 aromatic rings. The second-order valence-electron chi connectivity index (χ2n) is 7.38. The molecular formula is C22H28N2O4S2. The van der Waals surface area contributed by atoms with Gasteiger partial charge in [0.15, 0.2) is 0 Å². The maximum absolute atomic E-state index is 13.0. The Morgan fingerprint density at radius 2 is 1.80 bits per heavy atom. The van der Waals surface area contributed by atoms with Gasteiger partial charge in [0.2, 0.25) is 10.0 Å². The van der Waals surface area contributed by atoms with Gasteiger partial charge < -0.3 is 10.1 Å². The van der Waals surface area contributed by atoms with Crippen LogP contribution in [0, 0.1) is 0 Å². The molecule has 1 heterocycles. The van der Waals surface area contributed by atoms with Gasteiger partial charge in [-0.15, -0.1) is 11.8 Å². The van der Waals surface area contributed by atoms with Crippen LogP contribution in [-0.4, -0.2) is 56.2 Å². The minimum absolute atomic E-state index is 0.135. The second kappa shape index (κ2) is 10.4. The minimum atomic E-state index is -3.67. The molecule has 3 rings (SSSR count). The van der Waals surface area contributed by atoms with Gasteiger partial charge in [0.05, 0.1) is 17.1 Å². The number of carbonyl (C=O) groups is 1. The van der Waals surface area contributed by atoms with Crippen LogP contribution in [0.1, 0.15) is 30.6 Å². The zero-order valence-electron chi connectivity index (χ0n) is 17.3. The van der Waals surface area contributed by atoms with Crippen molar-refractivity contribution >= 4 is 27.7 Å². The Labute approximate surface area is 183 Å². The number of carbonyl (C=O) groups excluding carboxylic acids is 1. The van der Waals surface area contributed by atoms with E-state index in [2.05, 4.69) is 17.4 Å². The molecule has 0 radical (unpaired) electrons. The van der Waals surface area contributed by atoms with Gasteiger partial charge in [0.1, 0.15) is 0 Å². The van der Waals surface area contributed by atoms with E-state index in [9.17, 15) is 13.2 Å². The number of sulfonamides is 1. The topological polar surface area (TPSA) is 75.7 Å². The Bertz CT molecular complexity index is 941. The first-order valence-corrected chi connectivity index (χ1v) is 12.5. The lowest BCUT2D eigenvalue weighted by Gasteiger charge is -2.34. The number of thioether (sulfide) groups is 1. The first-order valence-electron chi connectivity index (χ1n) is 10.1. The number of morpholine rings is 1. The summed E-state index contributed by atoms with van der Waals surface area (Å²) in [5.74, 6) is 0.632. The average Bonchev–Trinajstić information content (AvgIpc) is 2.73. The number of nitrogens with one attached hydrogen (secondary N) is 1. The van der Waals surface area contributed by atoms with Crippen LogP contribution in [0.5, 0.6) is 0 Å². The third-order valence-electron chi connectivity index (χ3n) is 4.74. The quantitative estimate of drug-likeness (QED) is 0.495. The number of hydrogen-bond donors (Lipinski definition) is 1. The maximum Gasteiger partial charge on any atom is 0.251 e. The van der Waals surface area contributed by atoms with Gasteiger partial charge in [-0.25, -0.2) is 8.42 Å². The molecule has 1 N–H and O–H groups in total. The van der Waals surface area contributed by atoms with Crippen molar-refractivity contribution in [3.63, 3.8) is 0 Å². The highest BCUT2D eigenvalue weighted by Crippen LogP contribution is 2.22. The van der Waals surface area contributed by atoms with Crippen LogP contribution in [0.4, 0.5) is 0 Å². The molecule has 6 nitrogen and oxygen atoms in total. The van der Waals surface area contributed by atoms with Crippen LogP contribution >= 0.6 is 11.8 Å². The first kappa shape index (κ1) is 22.8. The molecule has 1 saturated heterocycles. The van der Waals surface area contributed by atoms with E-state index in [0.29, 0.717) is 25.2 Å². The molecular weight excluding hydrogens is 420 g/mol. The van der Waals surface area contributed by atoms with Gasteiger partial charge in [0, 0.05) is 30.1 Å². The Hall–Kier alpha value is -1.87. The number of ether oxygens (including phenoxy) is 1. The smallest absolute Gasteiger partial charge is 0.251 e. The van der Waals surface area contributed by atoms with Gasteiger partial charge in [-0.1, -0.05) is 24.3 Å². The molecule has 0 saturated carbocycles. The number of nitrogens with zero attached hydrogens (tertiary/aromatic N) is 1. The Kier molecular flexibility index (Phi) is 7.93. The van der Waals surface area contributed by atoms with E-state index < -0.39 is 10.0 Å². The molecule has 0 aliphatic carbocycles. The van der Waals surface area contributed by atoms with E-state index in [0.717, 1.165) is 12.2 Å². The molecule has 30 heavy (non-hydrogen) atoms. The average molecular weight is 449 g/mol. The molecule has 1 amide bonds. The van der Waals surface area contributed by atoms with Crippen LogP contribution in [0.15, 0.2) is 64.4 Å². The molecule has 2 atom stereocenters. The van der Waals surface area contributed by atoms with E-state index in [1.165, 1.54) is 21.3 Å². The predicted molar refractivity (Wildman–Crippen MR) is 119 cm³/mol. The van der Waals surface area contributed by atoms with Crippen LogP contribution in [0.3, 0.4) is 0 Å². The van der Waals surface area contributed by atoms with Crippen molar-refractivity contribution in [3.8, 4) is 0 Å². The highest BCUT2D eigenvalue weighted by molar-refractivity contribution is 7.99. The molecule has 1 aliphatic heterocycles. The highest BCUT2D eigenvalue weighted by Gasteiger charge is 2.32. The zero-order chi connectivity index (χ0) is 21.6. The zero-order valence-corrected chi connectivity index (χ0v) is 18.9. The summed E-state index contributed by atoms with van der Waals surface area (Å²) in [6.45, 7) is 4.87. The van der Waals surface area contributed by atoms with Crippen molar-refractivity contribution in [1.29, 1.82) is 0 Å². The molecule has 0 aromatic heterocycles. The Morgan fingerprint density at radius 1 is 1.10 bits per heavy atom. The standard InChI is InChI=1S/C22H28N2O4S2/c1-17-15-24(16-18(2)28-17)30(26,27)21-11-6-8-19(14-21)22(25)23-12-7-13-29-20-9-4-3-5-10-20/h3-6,8-11,14,17-18H,7,12-13,15-16H2,1-2H3,(H,23,25)/t17-,18+. The van der Waals surface area contributed by atoms with Crippen molar-refractivity contribution in [2.75, 3.05) is 25.4 Å². The fraction of sp³-hybridized carbons (Fsp3) is 0.409. The molecule has 2 aromatic carbocycles. The monoisotopic (exact) mass is 448 g/mol. The number of rotatable bonds is 8. The first-order chi connectivity index (χ1) is 14.4. The number of hydrogen-bond acceptors (Lipinski definition) is 5. The lowest BCUT2D eigenvalue weighted by molar-refractivity contribution is -0.0440. The summed E-state index contributed by atoms with van der Waals surface area (Å²) < 4.78 is 33.1. The summed E-state index contributed by atoms with van der Waals surface area (Å²) in [4.78, 5) is 13.8. The number of benzene rings is 2. The van der Waals surface area contributed by atoms with Crippen LogP contribution < -0.4 is 5.32 Å². The highest BCUT2D eigenvalue weighted by atomic mass is 32.2. The van der Waals surface area contributed by atoms with Crippen molar-refractivity contribution in [3.05, 3.63) is 60.2 Å². The fourth-order valence-corrected chi connectivity index (χ4v) is 5.87. The molecule has 0 unspecified atom stereocenters. The molecule has 1 aliphatic rings. The Morgan fingerprint density at radius 3 is 2.50 bits per heavy atom. The third kappa shape index (κ3) is 6.07. The number of amides is 1.